The first kappa shape index (κ1) is 21.5. The van der Waals surface area contributed by atoms with Gasteiger partial charge in [-0.1, -0.05) is 12.1 Å². The molecule has 0 radical (unpaired) electrons. The molecule has 1 aliphatic rings. The van der Waals surface area contributed by atoms with Crippen LogP contribution in [-0.4, -0.2) is 51.3 Å². The van der Waals surface area contributed by atoms with Gasteiger partial charge >= 0.3 is 5.97 Å². The summed E-state index contributed by atoms with van der Waals surface area (Å²) in [7, 11) is 4.48. The van der Waals surface area contributed by atoms with Crippen LogP contribution in [0.25, 0.3) is 0 Å². The van der Waals surface area contributed by atoms with Crippen molar-refractivity contribution >= 4 is 11.9 Å². The molecule has 30 heavy (non-hydrogen) atoms. The number of amides is 1. The molecular formula is C23H27NO6. The summed E-state index contributed by atoms with van der Waals surface area (Å²) in [5, 5.41) is 0. The normalized spacial score (nSPS) is 15.2. The summed E-state index contributed by atoms with van der Waals surface area (Å²) in [5.41, 5.74) is 2.93. The Bertz CT molecular complexity index is 926. The second-order valence-electron chi connectivity index (χ2n) is 7.14. The van der Waals surface area contributed by atoms with Crippen molar-refractivity contribution in [3.8, 4) is 17.2 Å². The molecule has 1 unspecified atom stereocenters. The number of methoxy groups -OCH3 is 3. The molecule has 0 aliphatic carbocycles. The van der Waals surface area contributed by atoms with Crippen molar-refractivity contribution < 1.29 is 28.5 Å². The lowest BCUT2D eigenvalue weighted by molar-refractivity contribution is -0.144. The standard InChI is InChI=1S/C23H27NO6/c1-15-6-5-7-17(10-15)30-14-22(25)24-9-8-16-11-20(27-2)21(28-3)12-18(16)19(24)13-23(26)29-4/h5-7,10-12,19H,8-9,13-14H2,1-4H3. The Kier molecular flexibility index (Phi) is 6.82. The average molecular weight is 413 g/mol. The van der Waals surface area contributed by atoms with Crippen LogP contribution in [0, 0.1) is 6.92 Å². The molecule has 7 heteroatoms. The van der Waals surface area contributed by atoms with Crippen molar-refractivity contribution in [3.63, 3.8) is 0 Å². The number of carbonyl (C=O) groups excluding carboxylic acids is 2. The third-order valence-electron chi connectivity index (χ3n) is 5.26. The number of fused-ring (bicyclic) bond motifs is 1. The molecule has 3 rings (SSSR count). The molecule has 0 fully saturated rings. The van der Waals surface area contributed by atoms with Crippen LogP contribution in [0.5, 0.6) is 17.2 Å². The van der Waals surface area contributed by atoms with Crippen molar-refractivity contribution in [2.45, 2.75) is 25.8 Å². The van der Waals surface area contributed by atoms with Gasteiger partial charge in [-0.05, 0) is 54.3 Å². The number of aryl methyl sites for hydroxylation is 1. The van der Waals surface area contributed by atoms with Crippen LogP contribution in [0.4, 0.5) is 0 Å². The Hall–Kier alpha value is -3.22. The minimum atomic E-state index is -0.463. The van der Waals surface area contributed by atoms with Crippen LogP contribution in [0.15, 0.2) is 36.4 Å². The van der Waals surface area contributed by atoms with Gasteiger partial charge in [-0.2, -0.15) is 0 Å². The lowest BCUT2D eigenvalue weighted by Crippen LogP contribution is -2.43. The van der Waals surface area contributed by atoms with E-state index in [1.54, 1.807) is 19.1 Å². The van der Waals surface area contributed by atoms with Gasteiger partial charge in [0, 0.05) is 6.54 Å². The van der Waals surface area contributed by atoms with Gasteiger partial charge in [0.1, 0.15) is 5.75 Å². The van der Waals surface area contributed by atoms with E-state index < -0.39 is 6.04 Å². The van der Waals surface area contributed by atoms with E-state index in [1.807, 2.05) is 43.3 Å². The van der Waals surface area contributed by atoms with Gasteiger partial charge < -0.3 is 23.8 Å². The second-order valence-corrected chi connectivity index (χ2v) is 7.14. The highest BCUT2D eigenvalue weighted by Crippen LogP contribution is 2.39. The third kappa shape index (κ3) is 4.67. The van der Waals surface area contributed by atoms with Crippen LogP contribution >= 0.6 is 0 Å². The Labute approximate surface area is 176 Å². The highest BCUT2D eigenvalue weighted by Gasteiger charge is 2.34. The van der Waals surface area contributed by atoms with Gasteiger partial charge in [-0.25, -0.2) is 0 Å². The first-order valence-corrected chi connectivity index (χ1v) is 9.77. The zero-order chi connectivity index (χ0) is 21.7. The predicted octanol–water partition coefficient (Wildman–Crippen LogP) is 3.08. The molecule has 0 aromatic heterocycles. The SMILES string of the molecule is COC(=O)CC1c2cc(OC)c(OC)cc2CCN1C(=O)COc1cccc(C)c1. The average Bonchev–Trinajstić information content (AvgIpc) is 2.76. The van der Waals surface area contributed by atoms with E-state index in [9.17, 15) is 9.59 Å². The molecule has 0 saturated carbocycles. The molecule has 0 N–H and O–H groups in total. The fourth-order valence-corrected chi connectivity index (χ4v) is 3.72. The zero-order valence-corrected chi connectivity index (χ0v) is 17.8. The van der Waals surface area contributed by atoms with E-state index in [0.717, 1.165) is 16.7 Å². The van der Waals surface area contributed by atoms with Crippen LogP contribution in [-0.2, 0) is 20.7 Å². The molecule has 1 heterocycles. The van der Waals surface area contributed by atoms with E-state index in [0.29, 0.717) is 30.2 Å². The minimum Gasteiger partial charge on any atom is -0.493 e. The van der Waals surface area contributed by atoms with Crippen molar-refractivity contribution in [1.29, 1.82) is 0 Å². The summed E-state index contributed by atoms with van der Waals surface area (Å²) in [4.78, 5) is 26.8. The monoisotopic (exact) mass is 413 g/mol. The number of nitrogens with zero attached hydrogens (tertiary/aromatic N) is 1. The smallest absolute Gasteiger partial charge is 0.307 e. The number of rotatable bonds is 7. The number of hydrogen-bond acceptors (Lipinski definition) is 6. The summed E-state index contributed by atoms with van der Waals surface area (Å²) < 4.78 is 21.4. The molecule has 0 bridgehead atoms. The quantitative estimate of drug-likeness (QED) is 0.650. The number of esters is 1. The Morgan fingerprint density at radius 3 is 2.47 bits per heavy atom. The lowest BCUT2D eigenvalue weighted by atomic mass is 9.90. The molecule has 1 atom stereocenters. The van der Waals surface area contributed by atoms with Crippen molar-refractivity contribution in [3.05, 3.63) is 53.1 Å². The van der Waals surface area contributed by atoms with Crippen molar-refractivity contribution in [1.82, 2.24) is 4.90 Å². The van der Waals surface area contributed by atoms with E-state index in [4.69, 9.17) is 18.9 Å². The first-order valence-electron chi connectivity index (χ1n) is 9.77. The molecule has 1 amide bonds. The summed E-state index contributed by atoms with van der Waals surface area (Å²) in [6, 6.07) is 10.8. The first-order chi connectivity index (χ1) is 14.5. The van der Waals surface area contributed by atoms with Crippen LogP contribution < -0.4 is 14.2 Å². The fourth-order valence-electron chi connectivity index (χ4n) is 3.72. The van der Waals surface area contributed by atoms with E-state index in [-0.39, 0.29) is 24.9 Å². The van der Waals surface area contributed by atoms with Crippen molar-refractivity contribution in [2.75, 3.05) is 34.5 Å². The van der Waals surface area contributed by atoms with Gasteiger partial charge in [-0.15, -0.1) is 0 Å². The largest absolute Gasteiger partial charge is 0.493 e. The molecule has 1 aliphatic heterocycles. The van der Waals surface area contributed by atoms with Gasteiger partial charge in [0.25, 0.3) is 5.91 Å². The Balaban J connectivity index is 1.86. The predicted molar refractivity (Wildman–Crippen MR) is 111 cm³/mol. The molecule has 0 spiro atoms. The maximum atomic E-state index is 13.0. The maximum absolute atomic E-state index is 13.0. The van der Waals surface area contributed by atoms with Crippen molar-refractivity contribution in [2.24, 2.45) is 0 Å². The molecule has 7 nitrogen and oxygen atoms in total. The molecule has 2 aromatic rings. The van der Waals surface area contributed by atoms with Gasteiger partial charge in [0.15, 0.2) is 18.1 Å². The summed E-state index contributed by atoms with van der Waals surface area (Å²) in [5.74, 6) is 1.23. The van der Waals surface area contributed by atoms with Gasteiger partial charge in [0.2, 0.25) is 0 Å². The van der Waals surface area contributed by atoms with Crippen LogP contribution in [0.3, 0.4) is 0 Å². The van der Waals surface area contributed by atoms with E-state index >= 15 is 0 Å². The number of carbonyl (C=O) groups is 2. The molecule has 2 aromatic carbocycles. The molecule has 0 saturated heterocycles. The number of hydrogen-bond donors (Lipinski definition) is 0. The molecular weight excluding hydrogens is 386 g/mol. The van der Waals surface area contributed by atoms with E-state index in [1.165, 1.54) is 7.11 Å². The molecule has 160 valence electrons. The van der Waals surface area contributed by atoms with Gasteiger partial charge in [0.05, 0.1) is 33.8 Å². The Morgan fingerprint density at radius 1 is 1.07 bits per heavy atom. The van der Waals surface area contributed by atoms with Crippen LogP contribution in [0.1, 0.15) is 29.2 Å². The summed E-state index contributed by atoms with van der Waals surface area (Å²) >= 11 is 0. The number of ether oxygens (including phenoxy) is 4. The Morgan fingerprint density at radius 2 is 1.80 bits per heavy atom. The van der Waals surface area contributed by atoms with E-state index in [2.05, 4.69) is 0 Å². The zero-order valence-electron chi connectivity index (χ0n) is 17.8. The minimum absolute atomic E-state index is 0.0508. The lowest BCUT2D eigenvalue weighted by Gasteiger charge is -2.37. The summed E-state index contributed by atoms with van der Waals surface area (Å²) in [6.45, 7) is 2.33. The fraction of sp³-hybridized carbons (Fsp3) is 0.391. The maximum Gasteiger partial charge on any atom is 0.307 e. The number of benzene rings is 2. The van der Waals surface area contributed by atoms with Crippen LogP contribution in [0.2, 0.25) is 0 Å². The topological polar surface area (TPSA) is 74.3 Å². The highest BCUT2D eigenvalue weighted by atomic mass is 16.5. The summed E-state index contributed by atoms with van der Waals surface area (Å²) in [6.07, 6.45) is 0.693. The third-order valence-corrected chi connectivity index (χ3v) is 5.26. The van der Waals surface area contributed by atoms with Gasteiger partial charge in [-0.3, -0.25) is 9.59 Å². The second kappa shape index (κ2) is 9.52. The highest BCUT2D eigenvalue weighted by molar-refractivity contribution is 5.80.